The summed E-state index contributed by atoms with van der Waals surface area (Å²) >= 11 is 0. The first kappa shape index (κ1) is 20.5. The van der Waals surface area contributed by atoms with E-state index in [1.807, 2.05) is 0 Å². The zero-order valence-electron chi connectivity index (χ0n) is 14.0. The number of alkyl halides is 3. The molecule has 1 rings (SSSR count). The van der Waals surface area contributed by atoms with E-state index in [9.17, 15) is 17.4 Å². The number of hydrogen-bond acceptors (Lipinski definition) is 2. The van der Waals surface area contributed by atoms with Crippen molar-refractivity contribution in [1.82, 2.24) is 4.72 Å². The molecule has 0 aliphatic carbocycles. The van der Waals surface area contributed by atoms with Gasteiger partial charge in [-0.25, -0.2) is 8.93 Å². The number of azide groups is 1. The summed E-state index contributed by atoms with van der Waals surface area (Å²) in [7, 11) is -1.51. The first-order valence-corrected chi connectivity index (χ1v) is 8.43. The van der Waals surface area contributed by atoms with Crippen molar-refractivity contribution < 1.29 is 17.4 Å². The highest BCUT2D eigenvalue weighted by molar-refractivity contribution is 7.84. The molecule has 1 aromatic carbocycles. The predicted octanol–water partition coefficient (Wildman–Crippen LogP) is 4.67. The fraction of sp³-hybridized carbons (Fsp3) is 0.600. The first-order valence-electron chi connectivity index (χ1n) is 7.28. The van der Waals surface area contributed by atoms with E-state index in [1.165, 1.54) is 12.1 Å². The van der Waals surface area contributed by atoms with E-state index in [0.717, 1.165) is 12.1 Å². The standard InChI is InChI=1S/C15H21F3N4OS/c1-13(2,3)24(23)21-14(4,8-9-20-22-19)11-6-5-7-12(10-11)15(16,17)18/h5-7,10,21H,8-9H2,1-4H3. The maximum Gasteiger partial charge on any atom is 0.416 e. The summed E-state index contributed by atoms with van der Waals surface area (Å²) in [5.41, 5.74) is 6.95. The van der Waals surface area contributed by atoms with E-state index in [0.29, 0.717) is 5.56 Å². The maximum absolute atomic E-state index is 13.0. The van der Waals surface area contributed by atoms with Gasteiger partial charge in [0.1, 0.15) is 0 Å². The van der Waals surface area contributed by atoms with Crippen molar-refractivity contribution in [3.8, 4) is 0 Å². The topological polar surface area (TPSA) is 77.9 Å². The van der Waals surface area contributed by atoms with Crippen molar-refractivity contribution in [3.63, 3.8) is 0 Å². The van der Waals surface area contributed by atoms with Gasteiger partial charge in [-0.3, -0.25) is 0 Å². The minimum Gasteiger partial charge on any atom is -0.242 e. The molecule has 0 saturated carbocycles. The Kier molecular flexibility index (Phi) is 6.44. The monoisotopic (exact) mass is 362 g/mol. The molecule has 0 aliphatic heterocycles. The highest BCUT2D eigenvalue weighted by Crippen LogP contribution is 2.34. The van der Waals surface area contributed by atoms with Gasteiger partial charge in [0.25, 0.3) is 0 Å². The molecule has 9 heteroatoms. The first-order chi connectivity index (χ1) is 10.9. The molecule has 0 fully saturated rings. The SMILES string of the molecule is CC(CCN=[N+]=[N-])(NS(=O)C(C)(C)C)c1cccc(C(F)(F)F)c1. The van der Waals surface area contributed by atoms with Gasteiger partial charge in [0.2, 0.25) is 0 Å². The Morgan fingerprint density at radius 2 is 1.79 bits per heavy atom. The van der Waals surface area contributed by atoms with Crippen LogP contribution in [0.5, 0.6) is 0 Å². The summed E-state index contributed by atoms with van der Waals surface area (Å²) in [5.74, 6) is 0. The van der Waals surface area contributed by atoms with Gasteiger partial charge in [0, 0.05) is 11.5 Å². The summed E-state index contributed by atoms with van der Waals surface area (Å²) in [6.07, 6.45) is -4.26. The molecular weight excluding hydrogens is 341 g/mol. The highest BCUT2D eigenvalue weighted by Gasteiger charge is 2.35. The molecule has 0 bridgehead atoms. The minimum absolute atomic E-state index is 0.0671. The molecule has 0 saturated heterocycles. The molecular formula is C15H21F3N4OS. The van der Waals surface area contributed by atoms with E-state index in [4.69, 9.17) is 5.53 Å². The summed E-state index contributed by atoms with van der Waals surface area (Å²) in [4.78, 5) is 2.66. The molecule has 0 aromatic heterocycles. The number of hydrogen-bond donors (Lipinski definition) is 1. The lowest BCUT2D eigenvalue weighted by molar-refractivity contribution is -0.137. The molecule has 2 atom stereocenters. The Morgan fingerprint density at radius 1 is 1.21 bits per heavy atom. The van der Waals surface area contributed by atoms with E-state index in [1.54, 1.807) is 27.7 Å². The number of benzene rings is 1. The summed E-state index contributed by atoms with van der Waals surface area (Å²) in [6.45, 7) is 7.00. The van der Waals surface area contributed by atoms with Crippen LogP contribution in [0.15, 0.2) is 29.4 Å². The Labute approximate surface area is 141 Å². The largest absolute Gasteiger partial charge is 0.416 e. The van der Waals surface area contributed by atoms with Crippen LogP contribution in [0, 0.1) is 0 Å². The van der Waals surface area contributed by atoms with E-state index >= 15 is 0 Å². The molecule has 1 N–H and O–H groups in total. The van der Waals surface area contributed by atoms with E-state index < -0.39 is 33.0 Å². The fourth-order valence-corrected chi connectivity index (χ4v) is 2.90. The quantitative estimate of drug-likeness (QED) is 0.445. The second-order valence-corrected chi connectivity index (χ2v) is 8.56. The summed E-state index contributed by atoms with van der Waals surface area (Å²) in [6, 6.07) is 4.87. The molecule has 0 amide bonds. The summed E-state index contributed by atoms with van der Waals surface area (Å²) < 4.78 is 53.7. The third kappa shape index (κ3) is 5.51. The van der Waals surface area contributed by atoms with Crippen LogP contribution >= 0.6 is 0 Å². The van der Waals surface area contributed by atoms with Gasteiger partial charge in [-0.1, -0.05) is 17.2 Å². The van der Waals surface area contributed by atoms with Crippen LogP contribution in [0.4, 0.5) is 13.2 Å². The molecule has 0 radical (unpaired) electrons. The van der Waals surface area contributed by atoms with Gasteiger partial charge in [0.15, 0.2) is 0 Å². The van der Waals surface area contributed by atoms with Crippen LogP contribution in [0.1, 0.15) is 45.2 Å². The highest BCUT2D eigenvalue weighted by atomic mass is 32.2. The Morgan fingerprint density at radius 3 is 2.29 bits per heavy atom. The van der Waals surface area contributed by atoms with Crippen LogP contribution in [0.25, 0.3) is 10.4 Å². The molecule has 0 spiro atoms. The third-order valence-electron chi connectivity index (χ3n) is 3.48. The second kappa shape index (κ2) is 7.55. The van der Waals surface area contributed by atoms with Gasteiger partial charge >= 0.3 is 6.18 Å². The van der Waals surface area contributed by atoms with Crippen LogP contribution in [-0.4, -0.2) is 15.5 Å². The fourth-order valence-electron chi connectivity index (χ4n) is 1.97. The molecule has 24 heavy (non-hydrogen) atoms. The molecule has 0 aliphatic rings. The van der Waals surface area contributed by atoms with Crippen LogP contribution in [0.3, 0.4) is 0 Å². The van der Waals surface area contributed by atoms with Crippen molar-refractivity contribution >= 4 is 11.0 Å². The van der Waals surface area contributed by atoms with Crippen LogP contribution in [0.2, 0.25) is 0 Å². The smallest absolute Gasteiger partial charge is 0.242 e. The van der Waals surface area contributed by atoms with Gasteiger partial charge in [0.05, 0.1) is 26.8 Å². The predicted molar refractivity (Wildman–Crippen MR) is 88.5 cm³/mol. The molecule has 5 nitrogen and oxygen atoms in total. The molecule has 2 unspecified atom stereocenters. The number of halogens is 3. The molecule has 1 aromatic rings. The van der Waals surface area contributed by atoms with Crippen molar-refractivity contribution in [2.75, 3.05) is 6.54 Å². The van der Waals surface area contributed by atoms with Gasteiger partial charge < -0.3 is 0 Å². The number of rotatable bonds is 6. The average molecular weight is 362 g/mol. The Balaban J connectivity index is 3.27. The Hall–Kier alpha value is -1.57. The van der Waals surface area contributed by atoms with Crippen molar-refractivity contribution in [2.45, 2.75) is 50.6 Å². The van der Waals surface area contributed by atoms with E-state index in [-0.39, 0.29) is 13.0 Å². The Bertz CT molecular complexity index is 651. The average Bonchev–Trinajstić information content (AvgIpc) is 2.46. The third-order valence-corrected chi connectivity index (χ3v) is 5.22. The lowest BCUT2D eigenvalue weighted by Gasteiger charge is -2.34. The van der Waals surface area contributed by atoms with Gasteiger partial charge in [-0.2, -0.15) is 13.2 Å². The molecule has 134 valence electrons. The van der Waals surface area contributed by atoms with Crippen molar-refractivity contribution in [2.24, 2.45) is 5.11 Å². The van der Waals surface area contributed by atoms with Crippen LogP contribution in [-0.2, 0) is 22.7 Å². The van der Waals surface area contributed by atoms with Crippen molar-refractivity contribution in [3.05, 3.63) is 45.8 Å². The normalized spacial score (nSPS) is 16.1. The second-order valence-electron chi connectivity index (χ2n) is 6.60. The van der Waals surface area contributed by atoms with Crippen molar-refractivity contribution in [1.29, 1.82) is 0 Å². The molecule has 0 heterocycles. The minimum atomic E-state index is -4.47. The maximum atomic E-state index is 13.0. The lowest BCUT2D eigenvalue weighted by Crippen LogP contribution is -2.46. The number of nitrogens with zero attached hydrogens (tertiary/aromatic N) is 3. The van der Waals surface area contributed by atoms with Gasteiger partial charge in [-0.15, -0.1) is 0 Å². The van der Waals surface area contributed by atoms with Gasteiger partial charge in [-0.05, 0) is 57.3 Å². The zero-order chi connectivity index (χ0) is 18.6. The zero-order valence-corrected chi connectivity index (χ0v) is 14.8. The van der Waals surface area contributed by atoms with E-state index in [2.05, 4.69) is 14.7 Å². The lowest BCUT2D eigenvalue weighted by atomic mass is 9.88. The number of nitrogens with one attached hydrogen (secondary N) is 1. The summed E-state index contributed by atoms with van der Waals surface area (Å²) in [5, 5.41) is 3.44. The van der Waals surface area contributed by atoms with Crippen LogP contribution < -0.4 is 4.72 Å².